The van der Waals surface area contributed by atoms with Crippen molar-refractivity contribution in [2.45, 2.75) is 23.9 Å². The summed E-state index contributed by atoms with van der Waals surface area (Å²) in [5, 5.41) is 10.5. The fourth-order valence-corrected chi connectivity index (χ4v) is 3.89. The normalized spacial score (nSPS) is 12.3. The van der Waals surface area contributed by atoms with Gasteiger partial charge in [-0.2, -0.15) is 0 Å². The molecule has 0 saturated carbocycles. The van der Waals surface area contributed by atoms with Gasteiger partial charge in [-0.1, -0.05) is 66.4 Å². The number of aliphatic hydroxyl groups excluding tert-OH is 1. The molecule has 118 valence electrons. The van der Waals surface area contributed by atoms with Gasteiger partial charge < -0.3 is 9.67 Å². The van der Waals surface area contributed by atoms with Gasteiger partial charge in [-0.05, 0) is 23.6 Å². The highest BCUT2D eigenvalue weighted by Gasteiger charge is 2.20. The Morgan fingerprint density at radius 2 is 1.78 bits per heavy atom. The molecule has 1 N–H and O–H groups in total. The number of rotatable bonds is 5. The van der Waals surface area contributed by atoms with Gasteiger partial charge in [0, 0.05) is 7.05 Å². The van der Waals surface area contributed by atoms with E-state index >= 15 is 0 Å². The number of thioether (sulfide) groups is 1. The van der Waals surface area contributed by atoms with Crippen molar-refractivity contribution < 1.29 is 5.11 Å². The van der Waals surface area contributed by atoms with Crippen LogP contribution in [-0.2, 0) is 13.7 Å². The summed E-state index contributed by atoms with van der Waals surface area (Å²) >= 11 is 1.71. The number of aromatic nitrogens is 2. The molecule has 0 aliphatic heterocycles. The summed E-state index contributed by atoms with van der Waals surface area (Å²) in [6.45, 7) is 2.15. The molecule has 23 heavy (non-hydrogen) atoms. The topological polar surface area (TPSA) is 38.1 Å². The Labute approximate surface area is 141 Å². The zero-order chi connectivity index (χ0) is 16.2. The van der Waals surface area contributed by atoms with Gasteiger partial charge in [-0.3, -0.25) is 0 Å². The summed E-state index contributed by atoms with van der Waals surface area (Å²) in [5.74, 6) is 0. The lowest BCUT2D eigenvalue weighted by atomic mass is 10.0. The zero-order valence-corrected chi connectivity index (χ0v) is 14.1. The highest BCUT2D eigenvalue weighted by Crippen LogP contribution is 2.41. The predicted octanol–water partition coefficient (Wildman–Crippen LogP) is 4.10. The minimum absolute atomic E-state index is 0.00439. The number of benzene rings is 2. The Bertz CT molecular complexity index is 783. The van der Waals surface area contributed by atoms with E-state index in [0.29, 0.717) is 0 Å². The molecular formula is C19H20N2OS. The molecule has 0 aliphatic rings. The van der Waals surface area contributed by atoms with Gasteiger partial charge in [0.1, 0.15) is 0 Å². The van der Waals surface area contributed by atoms with Gasteiger partial charge in [0.2, 0.25) is 0 Å². The molecule has 2 aromatic carbocycles. The van der Waals surface area contributed by atoms with Crippen molar-refractivity contribution in [2.75, 3.05) is 0 Å². The van der Waals surface area contributed by atoms with E-state index < -0.39 is 0 Å². The van der Waals surface area contributed by atoms with Crippen molar-refractivity contribution in [2.24, 2.45) is 7.05 Å². The molecule has 0 saturated heterocycles. The number of imidazole rings is 1. The van der Waals surface area contributed by atoms with Gasteiger partial charge in [-0.25, -0.2) is 4.98 Å². The van der Waals surface area contributed by atoms with Crippen molar-refractivity contribution in [3.05, 3.63) is 83.2 Å². The van der Waals surface area contributed by atoms with Crippen LogP contribution in [0.2, 0.25) is 0 Å². The van der Waals surface area contributed by atoms with Crippen LogP contribution in [0.15, 0.2) is 66.0 Å². The summed E-state index contributed by atoms with van der Waals surface area (Å²) in [6, 6.07) is 18.9. The van der Waals surface area contributed by atoms with Crippen LogP contribution < -0.4 is 0 Å². The Hall–Kier alpha value is -2.04. The SMILES string of the molecule is Cc1ccccc1C(Sc1ncc(CO)n1C)c1ccccc1. The van der Waals surface area contributed by atoms with E-state index in [2.05, 4.69) is 60.4 Å². The average molecular weight is 324 g/mol. The Balaban J connectivity index is 2.02. The third-order valence-electron chi connectivity index (χ3n) is 4.00. The minimum atomic E-state index is 0.00439. The quantitative estimate of drug-likeness (QED) is 0.718. The first-order valence-corrected chi connectivity index (χ1v) is 8.47. The molecule has 3 rings (SSSR count). The van der Waals surface area contributed by atoms with Gasteiger partial charge in [0.15, 0.2) is 5.16 Å². The van der Waals surface area contributed by atoms with Crippen molar-refractivity contribution in [1.82, 2.24) is 9.55 Å². The summed E-state index contributed by atoms with van der Waals surface area (Å²) in [6.07, 6.45) is 1.74. The van der Waals surface area contributed by atoms with Gasteiger partial charge in [-0.15, -0.1) is 0 Å². The van der Waals surface area contributed by atoms with E-state index in [1.165, 1.54) is 16.7 Å². The Morgan fingerprint density at radius 1 is 1.09 bits per heavy atom. The van der Waals surface area contributed by atoms with Crippen LogP contribution in [-0.4, -0.2) is 14.7 Å². The van der Waals surface area contributed by atoms with E-state index in [4.69, 9.17) is 0 Å². The van der Waals surface area contributed by atoms with Crippen LogP contribution >= 0.6 is 11.8 Å². The predicted molar refractivity (Wildman–Crippen MR) is 94.5 cm³/mol. The fraction of sp³-hybridized carbons (Fsp3) is 0.211. The second kappa shape index (κ2) is 7.02. The molecule has 1 unspecified atom stereocenters. The minimum Gasteiger partial charge on any atom is -0.390 e. The lowest BCUT2D eigenvalue weighted by Gasteiger charge is -2.19. The average Bonchev–Trinajstić information content (AvgIpc) is 2.94. The second-order valence-corrected chi connectivity index (χ2v) is 6.59. The van der Waals surface area contributed by atoms with E-state index in [0.717, 1.165) is 10.9 Å². The molecule has 1 aromatic heterocycles. The lowest BCUT2D eigenvalue weighted by Crippen LogP contribution is -2.03. The fourth-order valence-electron chi connectivity index (χ4n) is 2.61. The highest BCUT2D eigenvalue weighted by atomic mass is 32.2. The summed E-state index contributed by atoms with van der Waals surface area (Å²) < 4.78 is 1.96. The van der Waals surface area contributed by atoms with Crippen LogP contribution in [0.1, 0.15) is 27.6 Å². The number of nitrogens with zero attached hydrogens (tertiary/aromatic N) is 2. The second-order valence-electron chi connectivity index (χ2n) is 5.51. The summed E-state index contributed by atoms with van der Waals surface area (Å²) in [5.41, 5.74) is 4.63. The van der Waals surface area contributed by atoms with E-state index in [-0.39, 0.29) is 11.9 Å². The van der Waals surface area contributed by atoms with E-state index in [1.807, 2.05) is 17.7 Å². The molecule has 0 fully saturated rings. The Morgan fingerprint density at radius 3 is 2.43 bits per heavy atom. The molecule has 1 heterocycles. The molecule has 1 atom stereocenters. The van der Waals surface area contributed by atoms with Crippen molar-refractivity contribution in [3.63, 3.8) is 0 Å². The summed E-state index contributed by atoms with van der Waals surface area (Å²) in [7, 11) is 1.95. The third kappa shape index (κ3) is 3.33. The highest BCUT2D eigenvalue weighted by molar-refractivity contribution is 7.99. The van der Waals surface area contributed by atoms with Gasteiger partial charge in [0.25, 0.3) is 0 Å². The number of aryl methyl sites for hydroxylation is 1. The monoisotopic (exact) mass is 324 g/mol. The molecule has 4 heteroatoms. The van der Waals surface area contributed by atoms with Gasteiger partial charge in [0.05, 0.1) is 23.7 Å². The van der Waals surface area contributed by atoms with Crippen LogP contribution in [0.3, 0.4) is 0 Å². The molecule has 0 aliphatic carbocycles. The van der Waals surface area contributed by atoms with Crippen LogP contribution in [0.25, 0.3) is 0 Å². The van der Waals surface area contributed by atoms with Gasteiger partial charge >= 0.3 is 0 Å². The zero-order valence-electron chi connectivity index (χ0n) is 13.3. The van der Waals surface area contributed by atoms with Crippen LogP contribution in [0.4, 0.5) is 0 Å². The lowest BCUT2D eigenvalue weighted by molar-refractivity contribution is 0.271. The number of hydrogen-bond donors (Lipinski definition) is 1. The van der Waals surface area contributed by atoms with Crippen molar-refractivity contribution in [3.8, 4) is 0 Å². The first kappa shape index (κ1) is 15.8. The standard InChI is InChI=1S/C19H20N2OS/c1-14-8-6-7-11-17(14)18(15-9-4-3-5-10-15)23-19-20-12-16(13-22)21(19)2/h3-12,18,22H,13H2,1-2H3. The van der Waals surface area contributed by atoms with E-state index in [9.17, 15) is 5.11 Å². The molecule has 0 bridgehead atoms. The summed E-state index contributed by atoms with van der Waals surface area (Å²) in [4.78, 5) is 4.47. The first-order valence-electron chi connectivity index (χ1n) is 7.59. The third-order valence-corrected chi connectivity index (χ3v) is 5.35. The Kier molecular flexibility index (Phi) is 4.84. The molecule has 3 nitrogen and oxygen atoms in total. The molecule has 3 aromatic rings. The molecule has 0 amide bonds. The van der Waals surface area contributed by atoms with Crippen molar-refractivity contribution >= 4 is 11.8 Å². The maximum atomic E-state index is 9.37. The smallest absolute Gasteiger partial charge is 0.168 e. The number of aliphatic hydroxyl groups is 1. The molecular weight excluding hydrogens is 304 g/mol. The maximum absolute atomic E-state index is 9.37. The van der Waals surface area contributed by atoms with E-state index in [1.54, 1.807) is 18.0 Å². The van der Waals surface area contributed by atoms with Crippen molar-refractivity contribution in [1.29, 1.82) is 0 Å². The maximum Gasteiger partial charge on any atom is 0.168 e. The molecule has 0 radical (unpaired) electrons. The van der Waals surface area contributed by atoms with Crippen LogP contribution in [0.5, 0.6) is 0 Å². The first-order chi connectivity index (χ1) is 11.2. The largest absolute Gasteiger partial charge is 0.390 e. The molecule has 0 spiro atoms. The number of hydrogen-bond acceptors (Lipinski definition) is 3. The van der Waals surface area contributed by atoms with Crippen LogP contribution in [0, 0.1) is 6.92 Å².